The van der Waals surface area contributed by atoms with Crippen molar-refractivity contribution < 1.29 is 4.79 Å². The topological polar surface area (TPSA) is 32.7 Å². The number of amides is 1. The van der Waals surface area contributed by atoms with Gasteiger partial charge in [0.25, 0.3) is 0 Å². The van der Waals surface area contributed by atoms with Gasteiger partial charge in [-0.3, -0.25) is 9.79 Å². The van der Waals surface area contributed by atoms with E-state index in [2.05, 4.69) is 18.5 Å². The SMILES string of the molecule is C=CC/C=N\C1=C(C)CCN(C(=O)CC)C1. The average molecular weight is 220 g/mol. The first-order valence-corrected chi connectivity index (χ1v) is 5.78. The third-order valence-corrected chi connectivity index (χ3v) is 2.76. The number of aliphatic imine (C=N–C) groups is 1. The van der Waals surface area contributed by atoms with Crippen LogP contribution in [0.4, 0.5) is 0 Å². The first kappa shape index (κ1) is 12.7. The van der Waals surface area contributed by atoms with Crippen LogP contribution >= 0.6 is 0 Å². The Labute approximate surface area is 97.6 Å². The molecule has 0 N–H and O–H groups in total. The molecule has 1 heterocycles. The number of carbonyl (C=O) groups is 1. The Kier molecular flexibility index (Phi) is 4.96. The Morgan fingerprint density at radius 2 is 2.38 bits per heavy atom. The smallest absolute Gasteiger partial charge is 0.222 e. The Morgan fingerprint density at radius 3 is 3.00 bits per heavy atom. The van der Waals surface area contributed by atoms with Gasteiger partial charge in [-0.15, -0.1) is 6.58 Å². The summed E-state index contributed by atoms with van der Waals surface area (Å²) in [5, 5.41) is 0. The molecule has 16 heavy (non-hydrogen) atoms. The number of rotatable bonds is 4. The summed E-state index contributed by atoms with van der Waals surface area (Å²) in [5.74, 6) is 0.212. The third-order valence-electron chi connectivity index (χ3n) is 2.76. The highest BCUT2D eigenvalue weighted by atomic mass is 16.2. The van der Waals surface area contributed by atoms with Gasteiger partial charge in [0.1, 0.15) is 0 Å². The molecule has 0 fully saturated rings. The molecular formula is C13H20N2O. The van der Waals surface area contributed by atoms with Gasteiger partial charge in [0, 0.05) is 25.6 Å². The van der Waals surface area contributed by atoms with Crippen molar-refractivity contribution in [1.82, 2.24) is 4.90 Å². The number of hydrogen-bond acceptors (Lipinski definition) is 2. The minimum Gasteiger partial charge on any atom is -0.336 e. The molecule has 1 aliphatic rings. The molecule has 1 rings (SSSR count). The summed E-state index contributed by atoms with van der Waals surface area (Å²) in [6, 6.07) is 0. The van der Waals surface area contributed by atoms with E-state index in [1.165, 1.54) is 5.57 Å². The van der Waals surface area contributed by atoms with Crippen LogP contribution in [0.15, 0.2) is 28.9 Å². The minimum atomic E-state index is 0.212. The first-order chi connectivity index (χ1) is 7.69. The van der Waals surface area contributed by atoms with E-state index in [9.17, 15) is 4.79 Å². The zero-order chi connectivity index (χ0) is 12.0. The van der Waals surface area contributed by atoms with Gasteiger partial charge in [-0.1, -0.05) is 13.0 Å². The highest BCUT2D eigenvalue weighted by molar-refractivity contribution is 5.76. The van der Waals surface area contributed by atoms with Crippen LogP contribution < -0.4 is 0 Å². The summed E-state index contributed by atoms with van der Waals surface area (Å²) < 4.78 is 0. The summed E-state index contributed by atoms with van der Waals surface area (Å²) in [5.41, 5.74) is 2.33. The maximum Gasteiger partial charge on any atom is 0.222 e. The second kappa shape index (κ2) is 6.26. The minimum absolute atomic E-state index is 0.212. The Hall–Kier alpha value is -1.38. The van der Waals surface area contributed by atoms with Gasteiger partial charge in [-0.25, -0.2) is 0 Å². The van der Waals surface area contributed by atoms with E-state index >= 15 is 0 Å². The molecule has 0 atom stereocenters. The van der Waals surface area contributed by atoms with Crippen LogP contribution in [0, 0.1) is 0 Å². The second-order valence-corrected chi connectivity index (χ2v) is 3.98. The van der Waals surface area contributed by atoms with Crippen LogP contribution in [-0.2, 0) is 4.79 Å². The lowest BCUT2D eigenvalue weighted by atomic mass is 10.1. The molecule has 1 amide bonds. The largest absolute Gasteiger partial charge is 0.336 e. The fraction of sp³-hybridized carbons (Fsp3) is 0.538. The predicted molar refractivity (Wildman–Crippen MR) is 67.5 cm³/mol. The van der Waals surface area contributed by atoms with Crippen molar-refractivity contribution in [2.24, 2.45) is 4.99 Å². The number of carbonyl (C=O) groups excluding carboxylic acids is 1. The average Bonchev–Trinajstić information content (AvgIpc) is 2.31. The van der Waals surface area contributed by atoms with Gasteiger partial charge in [0.05, 0.1) is 12.2 Å². The quantitative estimate of drug-likeness (QED) is 0.529. The van der Waals surface area contributed by atoms with Gasteiger partial charge in [-0.2, -0.15) is 0 Å². The first-order valence-electron chi connectivity index (χ1n) is 5.78. The molecule has 0 aromatic carbocycles. The van der Waals surface area contributed by atoms with Crippen molar-refractivity contribution in [3.05, 3.63) is 23.9 Å². The Balaban J connectivity index is 2.67. The molecular weight excluding hydrogens is 200 g/mol. The van der Waals surface area contributed by atoms with Gasteiger partial charge < -0.3 is 4.90 Å². The zero-order valence-electron chi connectivity index (χ0n) is 10.2. The van der Waals surface area contributed by atoms with Crippen LogP contribution in [-0.4, -0.2) is 30.1 Å². The Morgan fingerprint density at radius 1 is 1.62 bits per heavy atom. The zero-order valence-corrected chi connectivity index (χ0v) is 10.2. The van der Waals surface area contributed by atoms with Gasteiger partial charge in [-0.05, 0) is 18.9 Å². The predicted octanol–water partition coefficient (Wildman–Crippen LogP) is 2.55. The van der Waals surface area contributed by atoms with E-state index in [0.717, 1.165) is 25.1 Å². The summed E-state index contributed by atoms with van der Waals surface area (Å²) >= 11 is 0. The number of allylic oxidation sites excluding steroid dienone is 1. The maximum absolute atomic E-state index is 11.6. The van der Waals surface area contributed by atoms with E-state index in [0.29, 0.717) is 13.0 Å². The van der Waals surface area contributed by atoms with E-state index in [1.807, 2.05) is 24.1 Å². The summed E-state index contributed by atoms with van der Waals surface area (Å²) in [6.07, 6.45) is 5.96. The molecule has 3 heteroatoms. The fourth-order valence-electron chi connectivity index (χ4n) is 1.67. The van der Waals surface area contributed by atoms with Crippen LogP contribution in [0.2, 0.25) is 0 Å². The molecule has 0 aromatic heterocycles. The second-order valence-electron chi connectivity index (χ2n) is 3.98. The van der Waals surface area contributed by atoms with Crippen molar-refractivity contribution >= 4 is 12.1 Å². The van der Waals surface area contributed by atoms with Gasteiger partial charge in [0.15, 0.2) is 0 Å². The van der Waals surface area contributed by atoms with E-state index in [1.54, 1.807) is 0 Å². The molecule has 0 aliphatic carbocycles. The van der Waals surface area contributed by atoms with E-state index < -0.39 is 0 Å². The molecule has 1 aliphatic heterocycles. The van der Waals surface area contributed by atoms with Gasteiger partial charge in [0.2, 0.25) is 5.91 Å². The maximum atomic E-state index is 11.6. The van der Waals surface area contributed by atoms with Crippen LogP contribution in [0.25, 0.3) is 0 Å². The normalized spacial score (nSPS) is 17.0. The lowest BCUT2D eigenvalue weighted by Crippen LogP contribution is -2.36. The number of nitrogens with zero attached hydrogens (tertiary/aromatic N) is 2. The molecule has 0 saturated carbocycles. The standard InChI is InChI=1S/C13H20N2O/c1-4-6-8-14-12-10-15(13(16)5-2)9-7-11(12)3/h4,8H,1,5-7,9-10H2,2-3H3/b14-8-. The van der Waals surface area contributed by atoms with Crippen molar-refractivity contribution in [1.29, 1.82) is 0 Å². The lowest BCUT2D eigenvalue weighted by Gasteiger charge is -2.28. The van der Waals surface area contributed by atoms with Crippen molar-refractivity contribution in [3.8, 4) is 0 Å². The molecule has 0 saturated heterocycles. The highest BCUT2D eigenvalue weighted by Gasteiger charge is 2.18. The van der Waals surface area contributed by atoms with Crippen LogP contribution in [0.3, 0.4) is 0 Å². The lowest BCUT2D eigenvalue weighted by molar-refractivity contribution is -0.130. The third kappa shape index (κ3) is 3.33. The van der Waals surface area contributed by atoms with Crippen molar-refractivity contribution in [3.63, 3.8) is 0 Å². The van der Waals surface area contributed by atoms with Crippen molar-refractivity contribution in [2.75, 3.05) is 13.1 Å². The van der Waals surface area contributed by atoms with Crippen molar-refractivity contribution in [2.45, 2.75) is 33.1 Å². The molecule has 3 nitrogen and oxygen atoms in total. The monoisotopic (exact) mass is 220 g/mol. The molecule has 0 spiro atoms. The van der Waals surface area contributed by atoms with Gasteiger partial charge >= 0.3 is 0 Å². The van der Waals surface area contributed by atoms with E-state index in [-0.39, 0.29) is 5.91 Å². The molecule has 0 radical (unpaired) electrons. The van der Waals surface area contributed by atoms with Crippen LogP contribution in [0.5, 0.6) is 0 Å². The molecule has 0 bridgehead atoms. The fourth-order valence-corrected chi connectivity index (χ4v) is 1.67. The van der Waals surface area contributed by atoms with Crippen LogP contribution in [0.1, 0.15) is 33.1 Å². The molecule has 88 valence electrons. The molecule has 0 aromatic rings. The Bertz CT molecular complexity index is 329. The molecule has 0 unspecified atom stereocenters. The summed E-state index contributed by atoms with van der Waals surface area (Å²) in [7, 11) is 0. The highest BCUT2D eigenvalue weighted by Crippen LogP contribution is 2.18. The summed E-state index contributed by atoms with van der Waals surface area (Å²) in [4.78, 5) is 17.9. The summed E-state index contributed by atoms with van der Waals surface area (Å²) in [6.45, 7) is 9.13. The van der Waals surface area contributed by atoms with E-state index in [4.69, 9.17) is 0 Å². The number of hydrogen-bond donors (Lipinski definition) is 0.